The van der Waals surface area contributed by atoms with E-state index < -0.39 is 10.7 Å². The van der Waals surface area contributed by atoms with Gasteiger partial charge in [-0.25, -0.2) is 4.90 Å². The van der Waals surface area contributed by atoms with Crippen molar-refractivity contribution in [1.29, 1.82) is 0 Å². The van der Waals surface area contributed by atoms with Crippen LogP contribution in [0.1, 0.15) is 37.0 Å². The quantitative estimate of drug-likeness (QED) is 0.484. The summed E-state index contributed by atoms with van der Waals surface area (Å²) < 4.78 is 0. The van der Waals surface area contributed by atoms with E-state index in [9.17, 15) is 14.4 Å². The molecule has 0 radical (unpaired) electrons. The molecule has 1 saturated heterocycles. The zero-order chi connectivity index (χ0) is 14.2. The van der Waals surface area contributed by atoms with E-state index in [1.165, 1.54) is 12.1 Å². The molecule has 0 bridgehead atoms. The number of carbonyl (C=O) groups excluding carboxylic acids is 3. The van der Waals surface area contributed by atoms with Crippen molar-refractivity contribution in [2.75, 3.05) is 4.90 Å². The summed E-state index contributed by atoms with van der Waals surface area (Å²) in [5, 5.41) is -0.565. The van der Waals surface area contributed by atoms with Gasteiger partial charge in [0.15, 0.2) is 0 Å². The first-order chi connectivity index (χ1) is 8.97. The molecule has 100 valence electrons. The Morgan fingerprint density at radius 2 is 1.58 bits per heavy atom. The summed E-state index contributed by atoms with van der Waals surface area (Å²) >= 11 is 5.34. The van der Waals surface area contributed by atoms with Gasteiger partial charge in [0.25, 0.3) is 5.24 Å². The minimum atomic E-state index is -0.860. The number of hydrogen-bond donors (Lipinski definition) is 0. The lowest BCUT2D eigenvalue weighted by Crippen LogP contribution is -2.66. The van der Waals surface area contributed by atoms with Gasteiger partial charge in [0.1, 0.15) is 5.41 Å². The third-order valence-electron chi connectivity index (χ3n) is 3.78. The van der Waals surface area contributed by atoms with Crippen molar-refractivity contribution >= 4 is 34.3 Å². The number of benzene rings is 1. The molecule has 4 nitrogen and oxygen atoms in total. The van der Waals surface area contributed by atoms with Crippen LogP contribution in [0.15, 0.2) is 24.3 Å². The van der Waals surface area contributed by atoms with Crippen LogP contribution in [0.2, 0.25) is 0 Å². The molecule has 0 atom stereocenters. The second kappa shape index (κ2) is 4.78. The Hall–Kier alpha value is -1.68. The first-order valence-electron chi connectivity index (χ1n) is 6.16. The molecule has 1 aliphatic rings. The standard InChI is InChI=1S/C14H14ClNO3/c1-3-14(4-2)12(18)16(13(14)19)10-7-5-9(6-8-10)11(15)17/h5-8H,3-4H2,1-2H3. The molecule has 1 aliphatic heterocycles. The molecule has 19 heavy (non-hydrogen) atoms. The zero-order valence-corrected chi connectivity index (χ0v) is 11.5. The van der Waals surface area contributed by atoms with Gasteiger partial charge in [-0.3, -0.25) is 14.4 Å². The van der Waals surface area contributed by atoms with E-state index in [1.807, 2.05) is 13.8 Å². The van der Waals surface area contributed by atoms with Crippen molar-refractivity contribution in [3.63, 3.8) is 0 Å². The lowest BCUT2D eigenvalue weighted by molar-refractivity contribution is -0.153. The SMILES string of the molecule is CCC1(CC)C(=O)N(c2ccc(C(=O)Cl)cc2)C1=O. The highest BCUT2D eigenvalue weighted by Gasteiger charge is 2.58. The maximum atomic E-state index is 12.2. The average Bonchev–Trinajstić information content (AvgIpc) is 2.41. The summed E-state index contributed by atoms with van der Waals surface area (Å²) in [5.41, 5.74) is -0.0432. The molecule has 0 N–H and O–H groups in total. The van der Waals surface area contributed by atoms with E-state index in [4.69, 9.17) is 11.6 Å². The summed E-state index contributed by atoms with van der Waals surface area (Å²) in [7, 11) is 0. The van der Waals surface area contributed by atoms with Crippen molar-refractivity contribution in [3.05, 3.63) is 29.8 Å². The number of amides is 2. The van der Waals surface area contributed by atoms with Crippen LogP contribution in [0, 0.1) is 5.41 Å². The molecular weight excluding hydrogens is 266 g/mol. The summed E-state index contributed by atoms with van der Waals surface area (Å²) in [6, 6.07) is 6.12. The monoisotopic (exact) mass is 279 g/mol. The Morgan fingerprint density at radius 1 is 1.11 bits per heavy atom. The van der Waals surface area contributed by atoms with Gasteiger partial charge >= 0.3 is 0 Å². The molecule has 1 fully saturated rings. The maximum absolute atomic E-state index is 12.2. The van der Waals surface area contributed by atoms with E-state index >= 15 is 0 Å². The van der Waals surface area contributed by atoms with Crippen LogP contribution in [0.3, 0.4) is 0 Å². The van der Waals surface area contributed by atoms with Crippen LogP contribution in [0.25, 0.3) is 0 Å². The number of halogens is 1. The van der Waals surface area contributed by atoms with Gasteiger partial charge in [-0.15, -0.1) is 0 Å². The third kappa shape index (κ3) is 1.87. The second-order valence-electron chi connectivity index (χ2n) is 4.56. The fourth-order valence-corrected chi connectivity index (χ4v) is 2.52. The molecule has 1 heterocycles. The Balaban J connectivity index is 2.28. The lowest BCUT2D eigenvalue weighted by atomic mass is 9.73. The number of anilines is 1. The summed E-state index contributed by atoms with van der Waals surface area (Å²) in [5.74, 6) is -0.347. The smallest absolute Gasteiger partial charge is 0.252 e. The van der Waals surface area contributed by atoms with Gasteiger partial charge in [0.05, 0.1) is 5.69 Å². The second-order valence-corrected chi connectivity index (χ2v) is 4.90. The molecule has 2 amide bonds. The highest BCUT2D eigenvalue weighted by Crippen LogP contribution is 2.42. The molecular formula is C14H14ClNO3. The van der Waals surface area contributed by atoms with E-state index in [0.717, 1.165) is 4.90 Å². The average molecular weight is 280 g/mol. The third-order valence-corrected chi connectivity index (χ3v) is 4.00. The Bertz CT molecular complexity index is 528. The Labute approximate surface area is 116 Å². The Kier molecular flexibility index (Phi) is 3.45. The molecule has 0 aromatic heterocycles. The van der Waals surface area contributed by atoms with Crippen molar-refractivity contribution in [2.45, 2.75) is 26.7 Å². The molecule has 0 saturated carbocycles. The van der Waals surface area contributed by atoms with Crippen LogP contribution >= 0.6 is 11.6 Å². The summed E-state index contributed by atoms with van der Waals surface area (Å²) in [6.45, 7) is 3.68. The predicted octanol–water partition coefficient (Wildman–Crippen LogP) is 2.75. The van der Waals surface area contributed by atoms with Gasteiger partial charge in [0.2, 0.25) is 11.8 Å². The minimum Gasteiger partial charge on any atom is -0.276 e. The van der Waals surface area contributed by atoms with Crippen LogP contribution in [0.5, 0.6) is 0 Å². The van der Waals surface area contributed by atoms with E-state index in [0.29, 0.717) is 24.1 Å². The molecule has 0 aliphatic carbocycles. The first-order valence-corrected chi connectivity index (χ1v) is 6.54. The molecule has 2 rings (SSSR count). The van der Waals surface area contributed by atoms with Gasteiger partial charge < -0.3 is 0 Å². The predicted molar refractivity (Wildman–Crippen MR) is 72.1 cm³/mol. The highest BCUT2D eigenvalue weighted by molar-refractivity contribution is 6.67. The van der Waals surface area contributed by atoms with Crippen LogP contribution in [0.4, 0.5) is 5.69 Å². The van der Waals surface area contributed by atoms with E-state index in [-0.39, 0.29) is 11.8 Å². The van der Waals surface area contributed by atoms with E-state index in [1.54, 1.807) is 12.1 Å². The normalized spacial score (nSPS) is 17.3. The number of β-lactam (4-membered cyclic amide) rings is 2. The molecule has 1 aromatic carbocycles. The van der Waals surface area contributed by atoms with Gasteiger partial charge in [-0.1, -0.05) is 13.8 Å². The van der Waals surface area contributed by atoms with Crippen molar-refractivity contribution < 1.29 is 14.4 Å². The summed E-state index contributed by atoms with van der Waals surface area (Å²) in [6.07, 6.45) is 1.02. The number of imide groups is 1. The van der Waals surface area contributed by atoms with Crippen molar-refractivity contribution in [1.82, 2.24) is 0 Å². The maximum Gasteiger partial charge on any atom is 0.252 e. The van der Waals surface area contributed by atoms with E-state index in [2.05, 4.69) is 0 Å². The Morgan fingerprint density at radius 3 is 1.95 bits per heavy atom. The summed E-state index contributed by atoms with van der Waals surface area (Å²) in [4.78, 5) is 36.5. The highest BCUT2D eigenvalue weighted by atomic mass is 35.5. The van der Waals surface area contributed by atoms with Crippen LogP contribution in [-0.4, -0.2) is 17.1 Å². The first kappa shape index (κ1) is 13.7. The number of hydrogen-bond acceptors (Lipinski definition) is 3. The molecule has 1 aromatic rings. The number of nitrogens with zero attached hydrogens (tertiary/aromatic N) is 1. The number of carbonyl (C=O) groups is 3. The van der Waals surface area contributed by atoms with Crippen LogP contribution in [-0.2, 0) is 9.59 Å². The van der Waals surface area contributed by atoms with Crippen molar-refractivity contribution in [3.8, 4) is 0 Å². The lowest BCUT2D eigenvalue weighted by Gasteiger charge is -2.45. The fraction of sp³-hybridized carbons (Fsp3) is 0.357. The molecule has 0 spiro atoms. The van der Waals surface area contributed by atoms with Gasteiger partial charge in [-0.2, -0.15) is 0 Å². The minimum absolute atomic E-state index is 0.174. The largest absolute Gasteiger partial charge is 0.276 e. The van der Waals surface area contributed by atoms with Gasteiger partial charge in [-0.05, 0) is 48.7 Å². The topological polar surface area (TPSA) is 54.5 Å². The zero-order valence-electron chi connectivity index (χ0n) is 10.8. The fourth-order valence-electron chi connectivity index (χ4n) is 2.39. The van der Waals surface area contributed by atoms with Crippen LogP contribution < -0.4 is 4.90 Å². The molecule has 5 heteroatoms. The van der Waals surface area contributed by atoms with Crippen molar-refractivity contribution in [2.24, 2.45) is 5.41 Å². The van der Waals surface area contributed by atoms with Gasteiger partial charge in [0, 0.05) is 5.56 Å². The molecule has 0 unspecified atom stereocenters. The number of rotatable bonds is 4.